The fourth-order valence-corrected chi connectivity index (χ4v) is 3.49. The number of carbonyl (C=O) groups excluding carboxylic acids is 2. The van der Waals surface area contributed by atoms with Crippen LogP contribution in [0.1, 0.15) is 10.5 Å². The normalized spacial score (nSPS) is 17.6. The molecule has 0 unspecified atom stereocenters. The van der Waals surface area contributed by atoms with Crippen LogP contribution >= 0.6 is 0 Å². The van der Waals surface area contributed by atoms with Gasteiger partial charge in [0.05, 0.1) is 12.4 Å². The second-order valence-corrected chi connectivity index (χ2v) is 6.86. The minimum absolute atomic E-state index is 0.135. The van der Waals surface area contributed by atoms with E-state index in [4.69, 9.17) is 0 Å². The summed E-state index contributed by atoms with van der Waals surface area (Å²) in [7, 11) is 0. The van der Waals surface area contributed by atoms with Crippen molar-refractivity contribution in [1.82, 2.24) is 24.8 Å². The van der Waals surface area contributed by atoms with Gasteiger partial charge in [0.25, 0.3) is 5.91 Å². The highest BCUT2D eigenvalue weighted by molar-refractivity contribution is 5.92. The molecule has 4 rings (SSSR count). The maximum absolute atomic E-state index is 12.6. The minimum Gasteiger partial charge on any atom is -0.353 e. The number of pyridine rings is 1. The van der Waals surface area contributed by atoms with Gasteiger partial charge in [0.1, 0.15) is 17.3 Å². The molecule has 28 heavy (non-hydrogen) atoms. The molecule has 0 radical (unpaired) electrons. The van der Waals surface area contributed by atoms with Gasteiger partial charge in [-0.3, -0.25) is 9.59 Å². The molecule has 0 aliphatic carbocycles. The van der Waals surface area contributed by atoms with Gasteiger partial charge in [0.2, 0.25) is 6.41 Å². The van der Waals surface area contributed by atoms with Crippen molar-refractivity contribution in [1.29, 1.82) is 0 Å². The van der Waals surface area contributed by atoms with Crippen LogP contribution < -0.4 is 9.80 Å². The van der Waals surface area contributed by atoms with E-state index >= 15 is 0 Å². The number of rotatable bonds is 4. The third-order valence-electron chi connectivity index (χ3n) is 5.18. The van der Waals surface area contributed by atoms with E-state index in [1.54, 1.807) is 22.2 Å². The first-order valence-corrected chi connectivity index (χ1v) is 9.46. The summed E-state index contributed by atoms with van der Waals surface area (Å²) < 4.78 is 0. The molecule has 2 aromatic rings. The van der Waals surface area contributed by atoms with Crippen molar-refractivity contribution in [3.63, 3.8) is 0 Å². The molecule has 2 amide bonds. The number of anilines is 2. The van der Waals surface area contributed by atoms with Gasteiger partial charge >= 0.3 is 0 Å². The van der Waals surface area contributed by atoms with Gasteiger partial charge in [-0.1, -0.05) is 6.07 Å². The largest absolute Gasteiger partial charge is 0.353 e. The zero-order valence-corrected chi connectivity index (χ0v) is 15.6. The lowest BCUT2D eigenvalue weighted by molar-refractivity contribution is -0.119. The zero-order valence-electron chi connectivity index (χ0n) is 15.6. The molecule has 2 aliphatic heterocycles. The molecule has 0 saturated carbocycles. The first kappa shape index (κ1) is 18.1. The minimum atomic E-state index is -0.135. The molecule has 2 aromatic heterocycles. The Labute approximate surface area is 163 Å². The number of aromatic nitrogens is 3. The Kier molecular flexibility index (Phi) is 5.31. The Morgan fingerprint density at radius 3 is 2.11 bits per heavy atom. The lowest BCUT2D eigenvalue weighted by Crippen LogP contribution is -2.48. The lowest BCUT2D eigenvalue weighted by atomic mass is 10.3. The Hall–Kier alpha value is -3.23. The summed E-state index contributed by atoms with van der Waals surface area (Å²) in [6.07, 6.45) is 5.85. The fourth-order valence-electron chi connectivity index (χ4n) is 3.49. The van der Waals surface area contributed by atoms with Gasteiger partial charge in [-0.05, 0) is 12.1 Å². The van der Waals surface area contributed by atoms with E-state index in [-0.39, 0.29) is 5.91 Å². The highest BCUT2D eigenvalue weighted by atomic mass is 16.2. The van der Waals surface area contributed by atoms with E-state index in [0.717, 1.165) is 44.2 Å². The average Bonchev–Trinajstić information content (AvgIpc) is 2.79. The predicted molar refractivity (Wildman–Crippen MR) is 104 cm³/mol. The topological polar surface area (TPSA) is 85.8 Å². The summed E-state index contributed by atoms with van der Waals surface area (Å²) in [5.74, 6) is 1.64. The van der Waals surface area contributed by atoms with Gasteiger partial charge in [-0.2, -0.15) is 0 Å². The fraction of sp³-hybridized carbons (Fsp3) is 0.421. The highest BCUT2D eigenvalue weighted by Gasteiger charge is 2.23. The SMILES string of the molecule is O=CN1CCN(C(=O)c2cnc(N3CCN(c4ccccn4)CC3)cn2)CC1. The van der Waals surface area contributed by atoms with E-state index < -0.39 is 0 Å². The number of hydrogen-bond acceptors (Lipinski definition) is 7. The van der Waals surface area contributed by atoms with Crippen LogP contribution in [-0.4, -0.2) is 89.4 Å². The van der Waals surface area contributed by atoms with Crippen molar-refractivity contribution in [2.75, 3.05) is 62.2 Å². The van der Waals surface area contributed by atoms with Gasteiger partial charge in [0.15, 0.2) is 0 Å². The summed E-state index contributed by atoms with van der Waals surface area (Å²) in [6.45, 7) is 5.54. The van der Waals surface area contributed by atoms with Gasteiger partial charge in [-0.25, -0.2) is 15.0 Å². The first-order valence-electron chi connectivity index (χ1n) is 9.46. The van der Waals surface area contributed by atoms with Crippen LogP contribution in [-0.2, 0) is 4.79 Å². The third kappa shape index (κ3) is 3.88. The van der Waals surface area contributed by atoms with Crippen molar-refractivity contribution in [2.45, 2.75) is 0 Å². The van der Waals surface area contributed by atoms with E-state index in [9.17, 15) is 9.59 Å². The van der Waals surface area contributed by atoms with Crippen LogP contribution in [0.2, 0.25) is 0 Å². The van der Waals surface area contributed by atoms with Gasteiger partial charge in [-0.15, -0.1) is 0 Å². The predicted octanol–water partition coefficient (Wildman–Crippen LogP) is 0.112. The van der Waals surface area contributed by atoms with Crippen LogP contribution in [0.15, 0.2) is 36.8 Å². The van der Waals surface area contributed by atoms with E-state index in [1.165, 1.54) is 0 Å². The molecule has 0 N–H and O–H groups in total. The van der Waals surface area contributed by atoms with Crippen molar-refractivity contribution in [2.24, 2.45) is 0 Å². The molecular weight excluding hydrogens is 358 g/mol. The van der Waals surface area contributed by atoms with Crippen molar-refractivity contribution in [3.8, 4) is 0 Å². The van der Waals surface area contributed by atoms with Crippen molar-refractivity contribution < 1.29 is 9.59 Å². The van der Waals surface area contributed by atoms with Crippen molar-refractivity contribution in [3.05, 3.63) is 42.5 Å². The molecule has 9 nitrogen and oxygen atoms in total. The van der Waals surface area contributed by atoms with Gasteiger partial charge in [0, 0.05) is 58.6 Å². The Balaban J connectivity index is 1.34. The number of amides is 2. The molecule has 146 valence electrons. The van der Waals surface area contributed by atoms with Gasteiger partial charge < -0.3 is 19.6 Å². The molecule has 2 aliphatic rings. The van der Waals surface area contributed by atoms with Crippen molar-refractivity contribution >= 4 is 24.0 Å². The summed E-state index contributed by atoms with van der Waals surface area (Å²) >= 11 is 0. The number of nitrogens with zero attached hydrogens (tertiary/aromatic N) is 7. The molecule has 0 atom stereocenters. The molecule has 0 spiro atoms. The van der Waals surface area contributed by atoms with Crippen LogP contribution in [0.4, 0.5) is 11.6 Å². The standard InChI is InChI=1S/C19H23N7O2/c27-15-23-5-7-26(8-6-23)19(28)16-13-22-18(14-21-16)25-11-9-24(10-12-25)17-3-1-2-4-20-17/h1-4,13-15H,5-12H2. The molecule has 4 heterocycles. The molecule has 0 bridgehead atoms. The van der Waals surface area contributed by atoms with Crippen LogP contribution in [0, 0.1) is 0 Å². The maximum Gasteiger partial charge on any atom is 0.274 e. The number of carbonyl (C=O) groups is 2. The number of hydrogen-bond donors (Lipinski definition) is 0. The van der Waals surface area contributed by atoms with Crippen LogP contribution in [0.25, 0.3) is 0 Å². The Morgan fingerprint density at radius 1 is 0.821 bits per heavy atom. The lowest BCUT2D eigenvalue weighted by Gasteiger charge is -2.36. The Morgan fingerprint density at radius 2 is 1.54 bits per heavy atom. The van der Waals surface area contributed by atoms with Crippen LogP contribution in [0.5, 0.6) is 0 Å². The molecule has 2 saturated heterocycles. The second-order valence-electron chi connectivity index (χ2n) is 6.86. The quantitative estimate of drug-likeness (QED) is 0.695. The zero-order chi connectivity index (χ0) is 19.3. The van der Waals surface area contributed by atoms with Crippen LogP contribution in [0.3, 0.4) is 0 Å². The van der Waals surface area contributed by atoms with E-state index in [0.29, 0.717) is 31.9 Å². The monoisotopic (exact) mass is 381 g/mol. The number of piperazine rings is 2. The summed E-state index contributed by atoms with van der Waals surface area (Å²) in [5.41, 5.74) is 0.343. The first-order chi connectivity index (χ1) is 13.7. The molecule has 0 aromatic carbocycles. The summed E-state index contributed by atoms with van der Waals surface area (Å²) in [4.78, 5) is 44.4. The molecule has 2 fully saturated rings. The van der Waals surface area contributed by atoms with E-state index in [1.807, 2.05) is 24.4 Å². The maximum atomic E-state index is 12.6. The third-order valence-corrected chi connectivity index (χ3v) is 5.18. The second kappa shape index (κ2) is 8.20. The molecular formula is C19H23N7O2. The Bertz CT molecular complexity index is 799. The smallest absolute Gasteiger partial charge is 0.274 e. The average molecular weight is 381 g/mol. The molecule has 9 heteroatoms. The highest BCUT2D eigenvalue weighted by Crippen LogP contribution is 2.17. The summed E-state index contributed by atoms with van der Waals surface area (Å²) in [6, 6.07) is 5.93. The summed E-state index contributed by atoms with van der Waals surface area (Å²) in [5, 5.41) is 0. The van der Waals surface area contributed by atoms with E-state index in [2.05, 4.69) is 24.8 Å².